The van der Waals surface area contributed by atoms with Crippen molar-refractivity contribution in [3.05, 3.63) is 33.9 Å². The van der Waals surface area contributed by atoms with E-state index in [2.05, 4.69) is 18.7 Å². The highest BCUT2D eigenvalue weighted by molar-refractivity contribution is 5.60. The van der Waals surface area contributed by atoms with E-state index in [-0.39, 0.29) is 16.9 Å². The molecular formula is C14H17N3O3. The second kappa shape index (κ2) is 5.47. The number of morpholine rings is 1. The molecule has 2 rings (SSSR count). The number of nitrogens with zero attached hydrogens (tertiary/aromatic N) is 3. The van der Waals surface area contributed by atoms with Crippen molar-refractivity contribution >= 4 is 11.4 Å². The number of nitro benzene ring substituents is 1. The maximum absolute atomic E-state index is 10.8. The van der Waals surface area contributed by atoms with Crippen molar-refractivity contribution in [2.75, 3.05) is 24.6 Å². The van der Waals surface area contributed by atoms with Crippen molar-refractivity contribution in [3.63, 3.8) is 0 Å². The molecule has 6 heteroatoms. The molecule has 0 spiro atoms. The molecule has 1 heterocycles. The predicted molar refractivity (Wildman–Crippen MR) is 74.7 cm³/mol. The van der Waals surface area contributed by atoms with Gasteiger partial charge in [0.1, 0.15) is 11.6 Å². The van der Waals surface area contributed by atoms with Gasteiger partial charge in [0.15, 0.2) is 0 Å². The lowest BCUT2D eigenvalue weighted by Crippen LogP contribution is -2.49. The molecule has 1 fully saturated rings. The van der Waals surface area contributed by atoms with E-state index >= 15 is 0 Å². The van der Waals surface area contributed by atoms with Gasteiger partial charge in [0, 0.05) is 24.8 Å². The van der Waals surface area contributed by atoms with Crippen LogP contribution >= 0.6 is 0 Å². The Morgan fingerprint density at radius 2 is 2.35 bits per heavy atom. The molecule has 0 amide bonds. The van der Waals surface area contributed by atoms with E-state index in [0.717, 1.165) is 18.7 Å². The van der Waals surface area contributed by atoms with E-state index in [1.165, 1.54) is 6.07 Å². The Morgan fingerprint density at radius 3 is 2.95 bits per heavy atom. The first kappa shape index (κ1) is 14.3. The number of rotatable bonds is 3. The summed E-state index contributed by atoms with van der Waals surface area (Å²) in [6.45, 7) is 6.17. The lowest BCUT2D eigenvalue weighted by molar-refractivity contribution is -0.385. The van der Waals surface area contributed by atoms with Gasteiger partial charge in [0.05, 0.1) is 17.1 Å². The van der Waals surface area contributed by atoms with Crippen LogP contribution in [0.2, 0.25) is 0 Å². The minimum absolute atomic E-state index is 0.0946. The van der Waals surface area contributed by atoms with Crippen molar-refractivity contribution in [3.8, 4) is 6.07 Å². The van der Waals surface area contributed by atoms with Gasteiger partial charge in [0.25, 0.3) is 5.69 Å². The summed E-state index contributed by atoms with van der Waals surface area (Å²) >= 11 is 0. The molecule has 0 saturated carbocycles. The fourth-order valence-electron chi connectivity index (χ4n) is 2.33. The zero-order valence-electron chi connectivity index (χ0n) is 11.6. The molecule has 0 N–H and O–H groups in total. The topological polar surface area (TPSA) is 79.4 Å². The molecule has 0 aliphatic carbocycles. The van der Waals surface area contributed by atoms with Gasteiger partial charge in [-0.15, -0.1) is 0 Å². The lowest BCUT2D eigenvalue weighted by Gasteiger charge is -2.41. The highest BCUT2D eigenvalue weighted by Gasteiger charge is 2.31. The molecular weight excluding hydrogens is 258 g/mol. The Balaban J connectivity index is 2.30. The molecule has 1 aromatic rings. The number of nitro groups is 1. The summed E-state index contributed by atoms with van der Waals surface area (Å²) in [5, 5.41) is 19.9. The minimum atomic E-state index is -0.530. The van der Waals surface area contributed by atoms with Gasteiger partial charge >= 0.3 is 0 Å². The van der Waals surface area contributed by atoms with Crippen LogP contribution in [0, 0.1) is 21.4 Å². The normalized spacial score (nSPS) is 22.4. The maximum Gasteiger partial charge on any atom is 0.287 e. The van der Waals surface area contributed by atoms with Gasteiger partial charge in [-0.1, -0.05) is 6.92 Å². The Bertz CT molecular complexity index is 567. The van der Waals surface area contributed by atoms with Crippen LogP contribution in [0.4, 0.5) is 11.4 Å². The first-order chi connectivity index (χ1) is 9.49. The van der Waals surface area contributed by atoms with Crippen LogP contribution in [-0.4, -0.2) is 30.2 Å². The molecule has 1 saturated heterocycles. The summed E-state index contributed by atoms with van der Waals surface area (Å²) in [7, 11) is 0. The molecule has 0 aromatic heterocycles. The summed E-state index contributed by atoms with van der Waals surface area (Å²) in [4.78, 5) is 12.4. The first-order valence-corrected chi connectivity index (χ1v) is 6.56. The molecule has 1 aromatic carbocycles. The molecule has 1 aliphatic heterocycles. The fourth-order valence-corrected chi connectivity index (χ4v) is 2.33. The summed E-state index contributed by atoms with van der Waals surface area (Å²) in [5.41, 5.74) is 0.558. The molecule has 0 radical (unpaired) electrons. The summed E-state index contributed by atoms with van der Waals surface area (Å²) in [6, 6.07) is 6.56. The molecule has 1 aliphatic rings. The van der Waals surface area contributed by atoms with Gasteiger partial charge in [0.2, 0.25) is 0 Å². The van der Waals surface area contributed by atoms with Gasteiger partial charge in [-0.2, -0.15) is 5.26 Å². The minimum Gasteiger partial charge on any atom is -0.372 e. The number of hydrogen-bond donors (Lipinski definition) is 0. The first-order valence-electron chi connectivity index (χ1n) is 6.56. The van der Waals surface area contributed by atoms with Crippen LogP contribution < -0.4 is 4.90 Å². The number of ether oxygens (including phenoxy) is 1. The van der Waals surface area contributed by atoms with E-state index in [1.807, 2.05) is 6.07 Å². The Morgan fingerprint density at radius 1 is 1.60 bits per heavy atom. The van der Waals surface area contributed by atoms with Crippen molar-refractivity contribution < 1.29 is 9.66 Å². The second-order valence-electron chi connectivity index (χ2n) is 5.14. The smallest absolute Gasteiger partial charge is 0.287 e. The molecule has 6 nitrogen and oxygen atoms in total. The van der Waals surface area contributed by atoms with Crippen LogP contribution in [-0.2, 0) is 4.74 Å². The number of nitriles is 1. The molecule has 106 valence electrons. The Labute approximate surface area is 117 Å². The van der Waals surface area contributed by atoms with Crippen molar-refractivity contribution in [1.29, 1.82) is 5.26 Å². The predicted octanol–water partition coefficient (Wildman–Crippen LogP) is 2.47. The zero-order valence-corrected chi connectivity index (χ0v) is 11.6. The fraction of sp³-hybridized carbons (Fsp3) is 0.500. The largest absolute Gasteiger partial charge is 0.372 e. The summed E-state index contributed by atoms with van der Waals surface area (Å²) < 4.78 is 5.77. The van der Waals surface area contributed by atoms with E-state index in [1.54, 1.807) is 12.1 Å². The quantitative estimate of drug-likeness (QED) is 0.625. The van der Waals surface area contributed by atoms with Crippen molar-refractivity contribution in [1.82, 2.24) is 0 Å². The second-order valence-corrected chi connectivity index (χ2v) is 5.14. The van der Waals surface area contributed by atoms with Gasteiger partial charge in [-0.25, -0.2) is 0 Å². The summed E-state index contributed by atoms with van der Waals surface area (Å²) in [6.07, 6.45) is 0.890. The number of anilines is 1. The maximum atomic E-state index is 10.8. The van der Waals surface area contributed by atoms with E-state index in [9.17, 15) is 10.1 Å². The van der Waals surface area contributed by atoms with E-state index < -0.39 is 4.92 Å². The third-order valence-electron chi connectivity index (χ3n) is 3.75. The standard InChI is InChI=1S/C14H17N3O3/c1-3-14(2)10-16(6-7-20-14)12-4-5-13(17(18)19)11(8-12)9-15/h4-5,8H,3,6-7,10H2,1-2H3. The van der Waals surface area contributed by atoms with Crippen molar-refractivity contribution in [2.24, 2.45) is 0 Å². The van der Waals surface area contributed by atoms with E-state index in [4.69, 9.17) is 10.00 Å². The molecule has 0 bridgehead atoms. The average Bonchev–Trinajstić information content (AvgIpc) is 2.46. The summed E-state index contributed by atoms with van der Waals surface area (Å²) in [5.74, 6) is 0. The Kier molecular flexibility index (Phi) is 3.91. The SMILES string of the molecule is CCC1(C)CN(c2ccc([N+](=O)[O-])c(C#N)c2)CCO1. The Hall–Kier alpha value is -2.13. The van der Waals surface area contributed by atoms with Gasteiger partial charge in [-0.3, -0.25) is 10.1 Å². The van der Waals surface area contributed by atoms with Gasteiger partial charge in [-0.05, 0) is 25.5 Å². The molecule has 1 atom stereocenters. The monoisotopic (exact) mass is 275 g/mol. The van der Waals surface area contributed by atoms with E-state index in [0.29, 0.717) is 13.2 Å². The average molecular weight is 275 g/mol. The van der Waals surface area contributed by atoms with Gasteiger partial charge < -0.3 is 9.64 Å². The third kappa shape index (κ3) is 2.73. The van der Waals surface area contributed by atoms with Crippen LogP contribution in [0.15, 0.2) is 18.2 Å². The van der Waals surface area contributed by atoms with Crippen LogP contribution in [0.25, 0.3) is 0 Å². The highest BCUT2D eigenvalue weighted by Crippen LogP contribution is 2.29. The lowest BCUT2D eigenvalue weighted by atomic mass is 10.00. The number of hydrogen-bond acceptors (Lipinski definition) is 5. The van der Waals surface area contributed by atoms with Crippen LogP contribution in [0.3, 0.4) is 0 Å². The zero-order chi connectivity index (χ0) is 14.8. The van der Waals surface area contributed by atoms with Crippen LogP contribution in [0.5, 0.6) is 0 Å². The third-order valence-corrected chi connectivity index (χ3v) is 3.75. The highest BCUT2D eigenvalue weighted by atomic mass is 16.6. The van der Waals surface area contributed by atoms with Crippen LogP contribution in [0.1, 0.15) is 25.8 Å². The molecule has 1 unspecified atom stereocenters. The van der Waals surface area contributed by atoms with Crippen molar-refractivity contribution in [2.45, 2.75) is 25.9 Å². The molecule has 20 heavy (non-hydrogen) atoms. The number of benzene rings is 1.